The Morgan fingerprint density at radius 1 is 1.11 bits per heavy atom. The van der Waals surface area contributed by atoms with E-state index in [-0.39, 0.29) is 17.8 Å². The Kier molecular flexibility index (Phi) is 4.53. The molecule has 1 aliphatic heterocycles. The zero-order valence-electron chi connectivity index (χ0n) is 16.6. The Morgan fingerprint density at radius 3 is 2.36 bits per heavy atom. The fourth-order valence-corrected chi connectivity index (χ4v) is 3.98. The van der Waals surface area contributed by atoms with Crippen LogP contribution in [0.2, 0.25) is 0 Å². The minimum atomic E-state index is -0.309. The van der Waals surface area contributed by atoms with Gasteiger partial charge in [-0.15, -0.1) is 0 Å². The van der Waals surface area contributed by atoms with Crippen LogP contribution in [0.3, 0.4) is 0 Å². The molecule has 2 heterocycles. The van der Waals surface area contributed by atoms with Gasteiger partial charge in [0.05, 0.1) is 17.4 Å². The molecular weight excluding hydrogens is 353 g/mol. The molecule has 1 unspecified atom stereocenters. The Labute approximate surface area is 164 Å². The maximum absolute atomic E-state index is 13.4. The highest BCUT2D eigenvalue weighted by molar-refractivity contribution is 5.98. The fraction of sp³-hybridized carbons (Fsp3) is 0.304. The van der Waals surface area contributed by atoms with Crippen molar-refractivity contribution in [2.45, 2.75) is 40.2 Å². The van der Waals surface area contributed by atoms with E-state index in [1.807, 2.05) is 4.68 Å². The molecule has 4 rings (SSSR count). The van der Waals surface area contributed by atoms with Crippen molar-refractivity contribution in [3.8, 4) is 5.69 Å². The van der Waals surface area contributed by atoms with Crippen LogP contribution < -0.4 is 5.32 Å². The molecule has 1 aromatic heterocycles. The Balaban J connectivity index is 1.91. The molecule has 2 aromatic carbocycles. The molecule has 4 nitrogen and oxygen atoms in total. The summed E-state index contributed by atoms with van der Waals surface area (Å²) in [4.78, 5) is 12.7. The largest absolute Gasteiger partial charge is 0.340 e. The highest BCUT2D eigenvalue weighted by atomic mass is 19.1. The number of fused-ring (bicyclic) bond motifs is 1. The van der Waals surface area contributed by atoms with Gasteiger partial charge < -0.3 is 5.32 Å². The molecule has 3 aromatic rings. The monoisotopic (exact) mass is 377 g/mol. The molecule has 1 N–H and O–H groups in total. The number of aryl methyl sites for hydroxylation is 2. The van der Waals surface area contributed by atoms with Crippen molar-refractivity contribution in [1.29, 1.82) is 0 Å². The van der Waals surface area contributed by atoms with Gasteiger partial charge in [0.1, 0.15) is 5.82 Å². The standard InChI is InChI=1S/C23H24FN3O/c1-13(2)9-19-20-21(16-5-7-17(24)8-6-16)25-23(28)22(20)26-27(19)18-11-14(3)10-15(4)12-18/h5-8,10-13,21H,9H2,1-4H3,(H,25,28). The molecular formula is C23H24FN3O. The van der Waals surface area contributed by atoms with Crippen molar-refractivity contribution in [1.82, 2.24) is 15.1 Å². The van der Waals surface area contributed by atoms with Crippen LogP contribution in [0.15, 0.2) is 42.5 Å². The van der Waals surface area contributed by atoms with E-state index in [0.717, 1.165) is 40.1 Å². The number of nitrogens with zero attached hydrogens (tertiary/aromatic N) is 2. The quantitative estimate of drug-likeness (QED) is 0.719. The lowest BCUT2D eigenvalue weighted by Gasteiger charge is -2.17. The number of nitrogens with one attached hydrogen (secondary N) is 1. The molecule has 1 atom stereocenters. The smallest absolute Gasteiger partial charge is 0.272 e. The number of benzene rings is 2. The summed E-state index contributed by atoms with van der Waals surface area (Å²) in [7, 11) is 0. The maximum Gasteiger partial charge on any atom is 0.272 e. The normalized spacial score (nSPS) is 15.8. The first-order valence-electron chi connectivity index (χ1n) is 9.60. The predicted molar refractivity (Wildman–Crippen MR) is 107 cm³/mol. The van der Waals surface area contributed by atoms with Gasteiger partial charge in [0.2, 0.25) is 0 Å². The third kappa shape index (κ3) is 3.21. The van der Waals surface area contributed by atoms with Gasteiger partial charge in [-0.25, -0.2) is 9.07 Å². The molecule has 144 valence electrons. The van der Waals surface area contributed by atoms with E-state index in [0.29, 0.717) is 11.6 Å². The summed E-state index contributed by atoms with van der Waals surface area (Å²) in [5.41, 5.74) is 6.53. The lowest BCUT2D eigenvalue weighted by Crippen LogP contribution is -2.23. The number of hydrogen-bond acceptors (Lipinski definition) is 2. The van der Waals surface area contributed by atoms with Crippen molar-refractivity contribution >= 4 is 5.91 Å². The number of carbonyl (C=O) groups excluding carboxylic acids is 1. The van der Waals surface area contributed by atoms with Gasteiger partial charge >= 0.3 is 0 Å². The zero-order chi connectivity index (χ0) is 20.0. The van der Waals surface area contributed by atoms with Crippen LogP contribution in [0.4, 0.5) is 4.39 Å². The number of hydrogen-bond donors (Lipinski definition) is 1. The predicted octanol–water partition coefficient (Wildman–Crippen LogP) is 4.66. The van der Waals surface area contributed by atoms with E-state index in [1.165, 1.54) is 12.1 Å². The van der Waals surface area contributed by atoms with E-state index < -0.39 is 0 Å². The minimum Gasteiger partial charge on any atom is -0.340 e. The van der Waals surface area contributed by atoms with Gasteiger partial charge in [-0.2, -0.15) is 5.10 Å². The van der Waals surface area contributed by atoms with Crippen LogP contribution in [0.5, 0.6) is 0 Å². The number of carbonyl (C=O) groups is 1. The average molecular weight is 377 g/mol. The van der Waals surface area contributed by atoms with E-state index in [4.69, 9.17) is 5.10 Å². The van der Waals surface area contributed by atoms with Crippen LogP contribution in [0, 0.1) is 25.6 Å². The average Bonchev–Trinajstić information content (AvgIpc) is 3.13. The Morgan fingerprint density at radius 2 is 1.75 bits per heavy atom. The van der Waals surface area contributed by atoms with E-state index in [1.54, 1.807) is 12.1 Å². The molecule has 0 bridgehead atoms. The molecule has 5 heteroatoms. The van der Waals surface area contributed by atoms with Crippen LogP contribution in [-0.2, 0) is 6.42 Å². The summed E-state index contributed by atoms with van der Waals surface area (Å²) in [6.45, 7) is 8.43. The summed E-state index contributed by atoms with van der Waals surface area (Å²) in [5, 5.41) is 7.71. The van der Waals surface area contributed by atoms with Gasteiger partial charge in [-0.1, -0.05) is 32.0 Å². The summed E-state index contributed by atoms with van der Waals surface area (Å²) < 4.78 is 15.3. The first-order chi connectivity index (χ1) is 13.3. The SMILES string of the molecule is Cc1cc(C)cc(-n2nc3c(c2CC(C)C)C(c2ccc(F)cc2)NC3=O)c1. The lowest BCUT2D eigenvalue weighted by atomic mass is 9.95. The summed E-state index contributed by atoms with van der Waals surface area (Å²) >= 11 is 0. The molecule has 1 amide bonds. The lowest BCUT2D eigenvalue weighted by molar-refractivity contribution is 0.0955. The number of aromatic nitrogens is 2. The second-order valence-electron chi connectivity index (χ2n) is 8.02. The van der Waals surface area contributed by atoms with Crippen molar-refractivity contribution < 1.29 is 9.18 Å². The van der Waals surface area contributed by atoms with Crippen LogP contribution in [0.1, 0.15) is 58.3 Å². The number of rotatable bonds is 4. The zero-order valence-corrected chi connectivity index (χ0v) is 16.6. The highest BCUT2D eigenvalue weighted by Crippen LogP contribution is 2.36. The topological polar surface area (TPSA) is 46.9 Å². The van der Waals surface area contributed by atoms with Crippen LogP contribution >= 0.6 is 0 Å². The maximum atomic E-state index is 13.4. The molecule has 1 aliphatic rings. The van der Waals surface area contributed by atoms with Gasteiger partial charge in [0.25, 0.3) is 5.91 Å². The second kappa shape index (κ2) is 6.89. The summed E-state index contributed by atoms with van der Waals surface area (Å²) in [5.74, 6) is -0.0749. The molecule has 0 saturated heterocycles. The van der Waals surface area contributed by atoms with Crippen molar-refractivity contribution in [3.05, 3.63) is 81.9 Å². The summed E-state index contributed by atoms with van der Waals surface area (Å²) in [6.07, 6.45) is 0.794. The molecule has 28 heavy (non-hydrogen) atoms. The van der Waals surface area contributed by atoms with Crippen LogP contribution in [-0.4, -0.2) is 15.7 Å². The molecule has 0 fully saturated rings. The van der Waals surface area contributed by atoms with E-state index >= 15 is 0 Å². The molecule has 0 aliphatic carbocycles. The molecule has 0 radical (unpaired) electrons. The number of amides is 1. The highest BCUT2D eigenvalue weighted by Gasteiger charge is 2.37. The second-order valence-corrected chi connectivity index (χ2v) is 8.02. The third-order valence-electron chi connectivity index (χ3n) is 5.06. The Bertz CT molecular complexity index is 1030. The minimum absolute atomic E-state index is 0.183. The Hall–Kier alpha value is -2.95. The summed E-state index contributed by atoms with van der Waals surface area (Å²) in [6, 6.07) is 12.3. The third-order valence-corrected chi connectivity index (χ3v) is 5.06. The van der Waals surface area contributed by atoms with Gasteiger partial charge in [0.15, 0.2) is 5.69 Å². The van der Waals surface area contributed by atoms with Crippen molar-refractivity contribution in [2.24, 2.45) is 5.92 Å². The van der Waals surface area contributed by atoms with E-state index in [2.05, 4.69) is 51.2 Å². The van der Waals surface area contributed by atoms with Gasteiger partial charge in [-0.3, -0.25) is 4.79 Å². The number of halogens is 1. The van der Waals surface area contributed by atoms with Gasteiger partial charge in [0, 0.05) is 5.56 Å². The first-order valence-corrected chi connectivity index (χ1v) is 9.60. The van der Waals surface area contributed by atoms with E-state index in [9.17, 15) is 9.18 Å². The van der Waals surface area contributed by atoms with Crippen LogP contribution in [0.25, 0.3) is 5.69 Å². The van der Waals surface area contributed by atoms with Crippen molar-refractivity contribution in [2.75, 3.05) is 0 Å². The first kappa shape index (κ1) is 18.4. The molecule has 0 spiro atoms. The fourth-order valence-electron chi connectivity index (χ4n) is 3.98. The van der Waals surface area contributed by atoms with Crippen molar-refractivity contribution in [3.63, 3.8) is 0 Å². The van der Waals surface area contributed by atoms with Gasteiger partial charge in [-0.05, 0) is 67.1 Å². The molecule has 0 saturated carbocycles.